The predicted molar refractivity (Wildman–Crippen MR) is 116 cm³/mol. The van der Waals surface area contributed by atoms with E-state index in [2.05, 4.69) is 45.0 Å². The van der Waals surface area contributed by atoms with Crippen molar-refractivity contribution < 1.29 is 19.4 Å². The molecule has 0 heterocycles. The smallest absolute Gasteiger partial charge is 0.330 e. The first-order valence-corrected chi connectivity index (χ1v) is 11.4. The second kappa shape index (κ2) is 9.32. The first kappa shape index (κ1) is 22.1. The van der Waals surface area contributed by atoms with Crippen molar-refractivity contribution in [1.82, 2.24) is 0 Å². The molecule has 4 nitrogen and oxygen atoms in total. The second-order valence-electron chi connectivity index (χ2n) is 8.01. The van der Waals surface area contributed by atoms with Crippen LogP contribution in [-0.4, -0.2) is 37.2 Å². The Morgan fingerprint density at radius 3 is 1.86 bits per heavy atom. The van der Waals surface area contributed by atoms with Crippen LogP contribution in [0.2, 0.25) is 5.04 Å². The Labute approximate surface area is 168 Å². The van der Waals surface area contributed by atoms with E-state index in [1.165, 1.54) is 0 Å². The molecule has 28 heavy (non-hydrogen) atoms. The quantitative estimate of drug-likeness (QED) is 0.529. The van der Waals surface area contributed by atoms with Gasteiger partial charge in [-0.25, -0.2) is 4.79 Å². The Balaban J connectivity index is 2.57. The SMILES string of the molecule is CC(=CC[C@@H](CO)O[Si](c1ccccc1)(c1ccccc1)C(C)(C)C)C(=O)O. The summed E-state index contributed by atoms with van der Waals surface area (Å²) in [6.07, 6.45) is 1.49. The number of carboxylic acid groups (broad SMARTS) is 1. The minimum Gasteiger partial charge on any atom is -0.478 e. The maximum absolute atomic E-state index is 11.1. The maximum atomic E-state index is 11.1. The lowest BCUT2D eigenvalue weighted by Crippen LogP contribution is -2.68. The van der Waals surface area contributed by atoms with Crippen LogP contribution in [0.4, 0.5) is 0 Å². The molecule has 0 aliphatic heterocycles. The van der Waals surface area contributed by atoms with Gasteiger partial charge < -0.3 is 14.6 Å². The summed E-state index contributed by atoms with van der Waals surface area (Å²) in [6.45, 7) is 7.90. The van der Waals surface area contributed by atoms with Crippen molar-refractivity contribution in [2.75, 3.05) is 6.61 Å². The van der Waals surface area contributed by atoms with Crippen LogP contribution >= 0.6 is 0 Å². The van der Waals surface area contributed by atoms with Gasteiger partial charge in [-0.15, -0.1) is 0 Å². The molecule has 0 aromatic heterocycles. The number of benzene rings is 2. The van der Waals surface area contributed by atoms with E-state index in [0.717, 1.165) is 10.4 Å². The van der Waals surface area contributed by atoms with Crippen molar-refractivity contribution in [1.29, 1.82) is 0 Å². The number of aliphatic carboxylic acids is 1. The lowest BCUT2D eigenvalue weighted by molar-refractivity contribution is -0.132. The third-order valence-electron chi connectivity index (χ3n) is 4.99. The monoisotopic (exact) mass is 398 g/mol. The van der Waals surface area contributed by atoms with Crippen LogP contribution in [0.15, 0.2) is 72.3 Å². The number of hydrogen-bond donors (Lipinski definition) is 2. The van der Waals surface area contributed by atoms with E-state index in [1.54, 1.807) is 13.0 Å². The van der Waals surface area contributed by atoms with Gasteiger partial charge in [-0.2, -0.15) is 0 Å². The van der Waals surface area contributed by atoms with Gasteiger partial charge in [0.15, 0.2) is 0 Å². The zero-order chi connectivity index (χ0) is 20.8. The number of hydrogen-bond acceptors (Lipinski definition) is 3. The van der Waals surface area contributed by atoms with Gasteiger partial charge in [0.25, 0.3) is 8.32 Å². The van der Waals surface area contributed by atoms with Crippen LogP contribution in [0.25, 0.3) is 0 Å². The van der Waals surface area contributed by atoms with Gasteiger partial charge in [-0.05, 0) is 28.8 Å². The topological polar surface area (TPSA) is 66.8 Å². The van der Waals surface area contributed by atoms with Gasteiger partial charge in [-0.1, -0.05) is 87.5 Å². The zero-order valence-electron chi connectivity index (χ0n) is 17.1. The molecule has 0 radical (unpaired) electrons. The van der Waals surface area contributed by atoms with Crippen molar-refractivity contribution in [3.8, 4) is 0 Å². The molecule has 0 amide bonds. The van der Waals surface area contributed by atoms with E-state index in [0.29, 0.717) is 6.42 Å². The summed E-state index contributed by atoms with van der Waals surface area (Å²) in [7, 11) is -2.77. The van der Waals surface area contributed by atoms with Crippen LogP contribution in [0.1, 0.15) is 34.1 Å². The Hall–Kier alpha value is -2.21. The minimum atomic E-state index is -2.77. The molecule has 0 bridgehead atoms. The first-order chi connectivity index (χ1) is 13.2. The van der Waals surface area contributed by atoms with E-state index < -0.39 is 20.4 Å². The standard InChI is InChI=1S/C23H30O4Si/c1-18(22(25)26)15-16-19(17-24)27-28(23(2,3)4,20-11-7-5-8-12-20)21-13-9-6-10-14-21/h5-15,19,24H,16-17H2,1-4H3,(H,25,26)/t19-/m0/s1. The molecule has 0 saturated carbocycles. The second-order valence-corrected chi connectivity index (χ2v) is 12.3. The molecule has 1 atom stereocenters. The van der Waals surface area contributed by atoms with Gasteiger partial charge in [-0.3, -0.25) is 0 Å². The van der Waals surface area contributed by atoms with Gasteiger partial charge in [0.1, 0.15) is 0 Å². The van der Waals surface area contributed by atoms with Crippen LogP contribution in [-0.2, 0) is 9.22 Å². The molecule has 0 saturated heterocycles. The summed E-state index contributed by atoms with van der Waals surface area (Å²) in [4.78, 5) is 11.1. The largest absolute Gasteiger partial charge is 0.478 e. The maximum Gasteiger partial charge on any atom is 0.330 e. The number of rotatable bonds is 8. The van der Waals surface area contributed by atoms with E-state index in [4.69, 9.17) is 9.53 Å². The lowest BCUT2D eigenvalue weighted by atomic mass is 10.2. The molecule has 2 aromatic carbocycles. The van der Waals surface area contributed by atoms with Gasteiger partial charge >= 0.3 is 5.97 Å². The fourth-order valence-corrected chi connectivity index (χ4v) is 8.18. The van der Waals surface area contributed by atoms with Crippen molar-refractivity contribution in [2.24, 2.45) is 0 Å². The van der Waals surface area contributed by atoms with Gasteiger partial charge in [0.2, 0.25) is 0 Å². The number of aliphatic hydroxyl groups excluding tert-OH is 1. The summed E-state index contributed by atoms with van der Waals surface area (Å²) < 4.78 is 6.81. The third-order valence-corrected chi connectivity index (χ3v) is 10.1. The Kier molecular flexibility index (Phi) is 7.35. The molecule has 2 rings (SSSR count). The van der Waals surface area contributed by atoms with E-state index in [9.17, 15) is 9.90 Å². The fourth-order valence-electron chi connectivity index (χ4n) is 3.50. The van der Waals surface area contributed by atoms with Crippen molar-refractivity contribution in [2.45, 2.75) is 45.3 Å². The summed E-state index contributed by atoms with van der Waals surface area (Å²) >= 11 is 0. The highest BCUT2D eigenvalue weighted by Crippen LogP contribution is 2.37. The molecule has 0 spiro atoms. The number of carboxylic acids is 1. The molecule has 2 N–H and O–H groups in total. The summed E-state index contributed by atoms with van der Waals surface area (Å²) in [5, 5.41) is 21.2. The van der Waals surface area contributed by atoms with E-state index in [-0.39, 0.29) is 17.2 Å². The molecule has 5 heteroatoms. The van der Waals surface area contributed by atoms with Crippen molar-refractivity contribution >= 4 is 24.7 Å². The number of carbonyl (C=O) groups is 1. The van der Waals surface area contributed by atoms with Crippen molar-refractivity contribution in [3.05, 3.63) is 72.3 Å². The zero-order valence-corrected chi connectivity index (χ0v) is 18.1. The Morgan fingerprint density at radius 2 is 1.50 bits per heavy atom. The molecule has 0 aliphatic carbocycles. The van der Waals surface area contributed by atoms with Gasteiger partial charge in [0.05, 0.1) is 12.7 Å². The van der Waals surface area contributed by atoms with Crippen LogP contribution in [0, 0.1) is 0 Å². The van der Waals surface area contributed by atoms with E-state index >= 15 is 0 Å². The van der Waals surface area contributed by atoms with Crippen LogP contribution < -0.4 is 10.4 Å². The Morgan fingerprint density at radius 1 is 1.04 bits per heavy atom. The summed E-state index contributed by atoms with van der Waals surface area (Å²) in [5.74, 6) is -0.956. The van der Waals surface area contributed by atoms with Crippen LogP contribution in [0.5, 0.6) is 0 Å². The molecule has 0 aliphatic rings. The molecule has 0 unspecified atom stereocenters. The molecular formula is C23H30O4Si. The fraction of sp³-hybridized carbons (Fsp3) is 0.348. The summed E-state index contributed by atoms with van der Waals surface area (Å²) in [6, 6.07) is 20.4. The average Bonchev–Trinajstić information content (AvgIpc) is 2.68. The highest BCUT2D eigenvalue weighted by Gasteiger charge is 2.51. The lowest BCUT2D eigenvalue weighted by Gasteiger charge is -2.45. The molecule has 2 aromatic rings. The first-order valence-electron chi connectivity index (χ1n) is 9.52. The third kappa shape index (κ3) is 4.79. The van der Waals surface area contributed by atoms with Crippen molar-refractivity contribution in [3.63, 3.8) is 0 Å². The molecule has 150 valence electrons. The minimum absolute atomic E-state index is 0.173. The highest BCUT2D eigenvalue weighted by atomic mass is 28.4. The number of aliphatic hydroxyl groups is 1. The summed E-state index contributed by atoms with van der Waals surface area (Å²) in [5.41, 5.74) is 0.254. The van der Waals surface area contributed by atoms with Crippen LogP contribution in [0.3, 0.4) is 0 Å². The molecule has 0 fully saturated rings. The van der Waals surface area contributed by atoms with E-state index in [1.807, 2.05) is 36.4 Å². The normalized spacial score (nSPS) is 14.0. The molecular weight excluding hydrogens is 368 g/mol. The average molecular weight is 399 g/mol. The van der Waals surface area contributed by atoms with Gasteiger partial charge in [0, 0.05) is 5.57 Å². The Bertz CT molecular complexity index is 755. The predicted octanol–water partition coefficient (Wildman–Crippen LogP) is 3.34. The highest BCUT2D eigenvalue weighted by molar-refractivity contribution is 6.99.